The van der Waals surface area contributed by atoms with Crippen molar-refractivity contribution in [3.8, 4) is 0 Å². The molecule has 0 amide bonds. The molecule has 2 nitrogen and oxygen atoms in total. The second-order valence-electron chi connectivity index (χ2n) is 5.27. The summed E-state index contributed by atoms with van der Waals surface area (Å²) >= 11 is 12.3. The number of nitrogens with zero attached hydrogens (tertiary/aromatic N) is 1. The van der Waals surface area contributed by atoms with Gasteiger partial charge in [0.1, 0.15) is 0 Å². The van der Waals surface area contributed by atoms with E-state index < -0.39 is 0 Å². The highest BCUT2D eigenvalue weighted by Gasteiger charge is 2.36. The van der Waals surface area contributed by atoms with Crippen LogP contribution in [0.15, 0.2) is 18.2 Å². The number of benzene rings is 1. The number of hydrogen-bond acceptors (Lipinski definition) is 2. The van der Waals surface area contributed by atoms with Crippen LogP contribution in [-0.2, 0) is 0 Å². The summed E-state index contributed by atoms with van der Waals surface area (Å²) in [5.41, 5.74) is 1.29. The van der Waals surface area contributed by atoms with E-state index in [1.165, 1.54) is 18.4 Å². The van der Waals surface area contributed by atoms with Crippen LogP contribution in [0.3, 0.4) is 0 Å². The fourth-order valence-corrected chi connectivity index (χ4v) is 3.44. The molecule has 0 aromatic heterocycles. The number of halogens is 4. The van der Waals surface area contributed by atoms with Crippen molar-refractivity contribution in [2.45, 2.75) is 18.9 Å². The molecular formula is C14H20Cl4N2. The molecule has 1 aliphatic carbocycles. The van der Waals surface area contributed by atoms with Crippen LogP contribution < -0.4 is 5.32 Å². The van der Waals surface area contributed by atoms with Crippen LogP contribution in [0.2, 0.25) is 10.0 Å². The molecule has 1 atom stereocenters. The molecule has 1 saturated carbocycles. The minimum atomic E-state index is 0. The van der Waals surface area contributed by atoms with Gasteiger partial charge in [0.05, 0.1) is 0 Å². The van der Waals surface area contributed by atoms with Gasteiger partial charge in [-0.05, 0) is 42.5 Å². The summed E-state index contributed by atoms with van der Waals surface area (Å²) in [4.78, 5) is 2.58. The molecule has 3 rings (SSSR count). The number of rotatable bonds is 3. The highest BCUT2D eigenvalue weighted by Crippen LogP contribution is 2.45. The maximum Gasteiger partial charge on any atom is 0.0424 e. The molecule has 1 N–H and O–H groups in total. The molecule has 0 bridgehead atoms. The third-order valence-corrected chi connectivity index (χ3v) is 4.28. The molecule has 1 heterocycles. The Morgan fingerprint density at radius 2 is 1.55 bits per heavy atom. The highest BCUT2D eigenvalue weighted by atomic mass is 35.5. The van der Waals surface area contributed by atoms with Crippen molar-refractivity contribution in [3.05, 3.63) is 33.8 Å². The Morgan fingerprint density at radius 1 is 1.00 bits per heavy atom. The lowest BCUT2D eigenvalue weighted by Gasteiger charge is -2.35. The predicted octanol–water partition coefficient (Wildman–Crippen LogP) is 4.19. The average molecular weight is 358 g/mol. The minimum absolute atomic E-state index is 0. The van der Waals surface area contributed by atoms with Gasteiger partial charge in [0.25, 0.3) is 0 Å². The second kappa shape index (κ2) is 8.07. The normalized spacial score (nSPS) is 20.7. The lowest BCUT2D eigenvalue weighted by Crippen LogP contribution is -2.45. The summed E-state index contributed by atoms with van der Waals surface area (Å²) in [5, 5.41) is 4.91. The minimum Gasteiger partial charge on any atom is -0.314 e. The summed E-state index contributed by atoms with van der Waals surface area (Å²) in [6, 6.07) is 6.48. The SMILES string of the molecule is Cl.Cl.Clc1cc(Cl)cc([C@@H](C2CC2)N2CCNCC2)c1. The second-order valence-corrected chi connectivity index (χ2v) is 6.14. The molecule has 1 aromatic rings. The van der Waals surface area contributed by atoms with Crippen LogP contribution >= 0.6 is 48.0 Å². The maximum absolute atomic E-state index is 6.14. The van der Waals surface area contributed by atoms with Crippen molar-refractivity contribution in [3.63, 3.8) is 0 Å². The van der Waals surface area contributed by atoms with E-state index >= 15 is 0 Å². The lowest BCUT2D eigenvalue weighted by molar-refractivity contribution is 0.156. The molecule has 1 aromatic carbocycles. The van der Waals surface area contributed by atoms with Gasteiger partial charge >= 0.3 is 0 Å². The van der Waals surface area contributed by atoms with Crippen molar-refractivity contribution in [1.29, 1.82) is 0 Å². The van der Waals surface area contributed by atoms with Gasteiger partial charge in [-0.2, -0.15) is 0 Å². The summed E-state index contributed by atoms with van der Waals surface area (Å²) in [6.07, 6.45) is 2.66. The Labute approximate surface area is 143 Å². The van der Waals surface area contributed by atoms with Gasteiger partial charge in [0, 0.05) is 42.3 Å². The maximum atomic E-state index is 6.14. The van der Waals surface area contributed by atoms with E-state index in [1.54, 1.807) is 0 Å². The zero-order valence-corrected chi connectivity index (χ0v) is 14.3. The first-order valence-electron chi connectivity index (χ1n) is 6.65. The summed E-state index contributed by atoms with van der Waals surface area (Å²) in [5.74, 6) is 0.789. The number of nitrogens with one attached hydrogen (secondary N) is 1. The topological polar surface area (TPSA) is 15.3 Å². The van der Waals surface area contributed by atoms with Gasteiger partial charge in [-0.1, -0.05) is 23.2 Å². The molecule has 1 saturated heterocycles. The molecular weight excluding hydrogens is 338 g/mol. The first-order chi connectivity index (χ1) is 8.74. The van der Waals surface area contributed by atoms with Gasteiger partial charge in [0.15, 0.2) is 0 Å². The molecule has 20 heavy (non-hydrogen) atoms. The molecule has 2 fully saturated rings. The van der Waals surface area contributed by atoms with E-state index in [9.17, 15) is 0 Å². The largest absolute Gasteiger partial charge is 0.314 e. The Kier molecular flexibility index (Phi) is 7.40. The van der Waals surface area contributed by atoms with E-state index in [1.807, 2.05) is 6.07 Å². The van der Waals surface area contributed by atoms with Crippen LogP contribution in [0, 0.1) is 5.92 Å². The van der Waals surface area contributed by atoms with Crippen LogP contribution in [0.4, 0.5) is 0 Å². The average Bonchev–Trinajstić information content (AvgIpc) is 3.14. The van der Waals surface area contributed by atoms with Crippen molar-refractivity contribution < 1.29 is 0 Å². The Morgan fingerprint density at radius 3 is 2.05 bits per heavy atom. The van der Waals surface area contributed by atoms with Gasteiger partial charge in [-0.25, -0.2) is 0 Å². The van der Waals surface area contributed by atoms with Gasteiger partial charge in [-0.3, -0.25) is 4.90 Å². The van der Waals surface area contributed by atoms with Crippen molar-refractivity contribution in [1.82, 2.24) is 10.2 Å². The molecule has 0 spiro atoms. The summed E-state index contributed by atoms with van der Waals surface area (Å²) < 4.78 is 0. The zero-order chi connectivity index (χ0) is 12.5. The van der Waals surface area contributed by atoms with E-state index in [0.717, 1.165) is 42.1 Å². The van der Waals surface area contributed by atoms with Gasteiger partial charge in [0.2, 0.25) is 0 Å². The molecule has 6 heteroatoms. The number of hydrogen-bond donors (Lipinski definition) is 1. The van der Waals surface area contributed by atoms with E-state index in [2.05, 4.69) is 22.3 Å². The molecule has 1 aliphatic heterocycles. The predicted molar refractivity (Wildman–Crippen MR) is 90.9 cm³/mol. The van der Waals surface area contributed by atoms with Gasteiger partial charge in [-0.15, -0.1) is 24.8 Å². The van der Waals surface area contributed by atoms with Crippen molar-refractivity contribution in [2.24, 2.45) is 5.92 Å². The number of piperazine rings is 1. The highest BCUT2D eigenvalue weighted by molar-refractivity contribution is 6.34. The van der Waals surface area contributed by atoms with Crippen LogP contribution in [0.1, 0.15) is 24.4 Å². The first-order valence-corrected chi connectivity index (χ1v) is 7.40. The molecule has 114 valence electrons. The Bertz CT molecular complexity index is 411. The van der Waals surface area contributed by atoms with E-state index in [4.69, 9.17) is 23.2 Å². The van der Waals surface area contributed by atoms with Crippen LogP contribution in [0.25, 0.3) is 0 Å². The van der Waals surface area contributed by atoms with Crippen molar-refractivity contribution >= 4 is 48.0 Å². The first kappa shape index (κ1) is 18.3. The summed E-state index contributed by atoms with van der Waals surface area (Å²) in [7, 11) is 0. The van der Waals surface area contributed by atoms with Gasteiger partial charge < -0.3 is 5.32 Å². The quantitative estimate of drug-likeness (QED) is 0.872. The standard InChI is InChI=1S/C14H18Cl2N2.2ClH/c15-12-7-11(8-13(16)9-12)14(10-1-2-10)18-5-3-17-4-6-18;;/h7-10,14,17H,1-6H2;2*1H/t14-;;/m1../s1. The van der Waals surface area contributed by atoms with E-state index in [0.29, 0.717) is 6.04 Å². The van der Waals surface area contributed by atoms with Crippen LogP contribution in [0.5, 0.6) is 0 Å². The zero-order valence-electron chi connectivity index (χ0n) is 11.1. The third-order valence-electron chi connectivity index (χ3n) is 3.84. The fourth-order valence-electron chi connectivity index (χ4n) is 2.90. The fraction of sp³-hybridized carbons (Fsp3) is 0.571. The molecule has 0 unspecified atom stereocenters. The van der Waals surface area contributed by atoms with E-state index in [-0.39, 0.29) is 24.8 Å². The van der Waals surface area contributed by atoms with Crippen LogP contribution in [-0.4, -0.2) is 31.1 Å². The summed E-state index contributed by atoms with van der Waals surface area (Å²) in [6.45, 7) is 4.39. The lowest BCUT2D eigenvalue weighted by atomic mass is 10.00. The Balaban J connectivity index is 0.000001000. The smallest absolute Gasteiger partial charge is 0.0424 e. The molecule has 2 aliphatic rings. The van der Waals surface area contributed by atoms with Crippen molar-refractivity contribution in [2.75, 3.05) is 26.2 Å². The molecule has 0 radical (unpaired) electrons. The monoisotopic (exact) mass is 356 g/mol. The Hall–Kier alpha value is 0.300. The third kappa shape index (κ3) is 4.40.